The first-order valence-corrected chi connectivity index (χ1v) is 8.23. The number of unbranched alkanes of at least 4 members (excludes halogenated alkanes) is 1. The van der Waals surface area contributed by atoms with Crippen LogP contribution in [0.4, 0.5) is 0 Å². The molecular weight excluding hydrogens is 294 g/mol. The number of ether oxygens (including phenoxy) is 1. The second kappa shape index (κ2) is 7.18. The van der Waals surface area contributed by atoms with Crippen molar-refractivity contribution in [2.75, 3.05) is 0 Å². The lowest BCUT2D eigenvalue weighted by Gasteiger charge is -2.03. The Balaban J connectivity index is 1.42. The van der Waals surface area contributed by atoms with Gasteiger partial charge in [-0.1, -0.05) is 30.3 Å². The fourth-order valence-electron chi connectivity index (χ4n) is 2.24. The molecule has 0 spiro atoms. The van der Waals surface area contributed by atoms with Crippen LogP contribution in [0.1, 0.15) is 24.3 Å². The molecule has 0 radical (unpaired) electrons. The summed E-state index contributed by atoms with van der Waals surface area (Å²) in [4.78, 5) is 16.3. The van der Waals surface area contributed by atoms with Crippen molar-refractivity contribution in [1.82, 2.24) is 4.98 Å². The normalized spacial score (nSPS) is 10.7. The first kappa shape index (κ1) is 14.7. The molecule has 0 fully saturated rings. The van der Waals surface area contributed by atoms with Gasteiger partial charge >= 0.3 is 5.97 Å². The van der Waals surface area contributed by atoms with Crippen LogP contribution in [0, 0.1) is 0 Å². The van der Waals surface area contributed by atoms with E-state index in [4.69, 9.17) is 4.74 Å². The highest BCUT2D eigenvalue weighted by Crippen LogP contribution is 2.23. The van der Waals surface area contributed by atoms with Crippen LogP contribution in [0.2, 0.25) is 0 Å². The lowest BCUT2D eigenvalue weighted by atomic mass is 10.2. The Kier molecular flexibility index (Phi) is 4.81. The molecule has 0 N–H and O–H groups in total. The van der Waals surface area contributed by atoms with E-state index in [9.17, 15) is 4.79 Å². The molecule has 1 aromatic heterocycles. The maximum absolute atomic E-state index is 11.7. The molecule has 2 aromatic carbocycles. The Morgan fingerprint density at radius 1 is 1.00 bits per heavy atom. The van der Waals surface area contributed by atoms with Crippen LogP contribution in [0.5, 0.6) is 5.75 Å². The molecule has 3 aromatic rings. The van der Waals surface area contributed by atoms with Crippen LogP contribution in [-0.4, -0.2) is 11.0 Å². The van der Waals surface area contributed by atoms with Crippen molar-refractivity contribution in [3.63, 3.8) is 0 Å². The average Bonchev–Trinajstić information content (AvgIpc) is 2.95. The minimum Gasteiger partial charge on any atom is -0.427 e. The van der Waals surface area contributed by atoms with Crippen molar-refractivity contribution < 1.29 is 9.53 Å². The van der Waals surface area contributed by atoms with Gasteiger partial charge in [-0.25, -0.2) is 4.98 Å². The largest absolute Gasteiger partial charge is 0.427 e. The third kappa shape index (κ3) is 3.92. The maximum atomic E-state index is 11.7. The summed E-state index contributed by atoms with van der Waals surface area (Å²) in [6, 6.07) is 17.4. The van der Waals surface area contributed by atoms with Crippen molar-refractivity contribution in [2.24, 2.45) is 0 Å². The number of carbonyl (C=O) groups is 1. The summed E-state index contributed by atoms with van der Waals surface area (Å²) < 4.78 is 6.49. The number of nitrogens with zero attached hydrogens (tertiary/aromatic N) is 1. The SMILES string of the molecule is O=C(CCCCc1nc2ccccc2s1)Oc1ccccc1. The van der Waals surface area contributed by atoms with Gasteiger partial charge in [0.25, 0.3) is 0 Å². The molecule has 0 saturated carbocycles. The minimum atomic E-state index is -0.171. The van der Waals surface area contributed by atoms with Gasteiger partial charge < -0.3 is 4.74 Å². The summed E-state index contributed by atoms with van der Waals surface area (Å²) in [5.41, 5.74) is 1.06. The van der Waals surface area contributed by atoms with Crippen molar-refractivity contribution in [1.29, 1.82) is 0 Å². The summed E-state index contributed by atoms with van der Waals surface area (Å²) in [5, 5.41) is 1.14. The molecule has 0 aliphatic heterocycles. The number of esters is 1. The van der Waals surface area contributed by atoms with E-state index in [1.165, 1.54) is 4.70 Å². The Bertz CT molecular complexity index is 719. The zero-order chi connectivity index (χ0) is 15.2. The summed E-state index contributed by atoms with van der Waals surface area (Å²) in [6.07, 6.45) is 3.13. The first-order chi connectivity index (χ1) is 10.8. The molecule has 1 heterocycles. The molecule has 0 aliphatic rings. The number of aryl methyl sites for hydroxylation is 1. The topological polar surface area (TPSA) is 39.2 Å². The molecule has 0 amide bonds. The lowest BCUT2D eigenvalue weighted by molar-refractivity contribution is -0.134. The molecule has 3 rings (SSSR count). The van der Waals surface area contributed by atoms with Crippen molar-refractivity contribution in [3.05, 3.63) is 59.6 Å². The maximum Gasteiger partial charge on any atom is 0.311 e. The third-order valence-corrected chi connectivity index (χ3v) is 4.43. The van der Waals surface area contributed by atoms with E-state index in [2.05, 4.69) is 11.1 Å². The van der Waals surface area contributed by atoms with Crippen molar-refractivity contribution >= 4 is 27.5 Å². The number of aromatic nitrogens is 1. The number of benzene rings is 2. The highest BCUT2D eigenvalue weighted by Gasteiger charge is 2.06. The first-order valence-electron chi connectivity index (χ1n) is 7.41. The van der Waals surface area contributed by atoms with Gasteiger partial charge in [0.2, 0.25) is 0 Å². The highest BCUT2D eigenvalue weighted by molar-refractivity contribution is 7.18. The Morgan fingerprint density at radius 3 is 2.59 bits per heavy atom. The Morgan fingerprint density at radius 2 is 1.77 bits per heavy atom. The smallest absolute Gasteiger partial charge is 0.311 e. The summed E-state index contributed by atoms with van der Waals surface area (Å²) in [5.74, 6) is 0.439. The van der Waals surface area contributed by atoms with Crippen LogP contribution in [0.15, 0.2) is 54.6 Å². The van der Waals surface area contributed by atoms with Crippen LogP contribution in [-0.2, 0) is 11.2 Å². The van der Waals surface area contributed by atoms with E-state index in [0.29, 0.717) is 12.2 Å². The molecule has 0 bridgehead atoms. The van der Waals surface area contributed by atoms with Gasteiger partial charge in [-0.2, -0.15) is 0 Å². The van der Waals surface area contributed by atoms with Crippen molar-refractivity contribution in [3.8, 4) is 5.75 Å². The molecule has 0 unspecified atom stereocenters. The van der Waals surface area contributed by atoms with Gasteiger partial charge in [0.05, 0.1) is 15.2 Å². The zero-order valence-corrected chi connectivity index (χ0v) is 13.0. The standard InChI is InChI=1S/C18H17NO2S/c20-18(21-14-8-2-1-3-9-14)13-7-6-12-17-19-15-10-4-5-11-16(15)22-17/h1-5,8-11H,6-7,12-13H2. The van der Waals surface area contributed by atoms with E-state index in [-0.39, 0.29) is 5.97 Å². The number of thiazole rings is 1. The minimum absolute atomic E-state index is 0.171. The molecule has 0 saturated heterocycles. The van der Waals surface area contributed by atoms with Gasteiger partial charge in [0.15, 0.2) is 0 Å². The van der Waals surface area contributed by atoms with Gasteiger partial charge in [0.1, 0.15) is 5.75 Å². The van der Waals surface area contributed by atoms with Crippen LogP contribution in [0.3, 0.4) is 0 Å². The monoisotopic (exact) mass is 311 g/mol. The molecule has 22 heavy (non-hydrogen) atoms. The predicted molar refractivity (Wildman–Crippen MR) is 89.3 cm³/mol. The second-order valence-corrected chi connectivity index (χ2v) is 6.18. The average molecular weight is 311 g/mol. The van der Waals surface area contributed by atoms with Crippen molar-refractivity contribution in [2.45, 2.75) is 25.7 Å². The fraction of sp³-hybridized carbons (Fsp3) is 0.222. The van der Waals surface area contributed by atoms with Gasteiger partial charge in [-0.05, 0) is 43.5 Å². The van der Waals surface area contributed by atoms with Crippen LogP contribution < -0.4 is 4.74 Å². The molecule has 3 nitrogen and oxygen atoms in total. The van der Waals surface area contributed by atoms with Gasteiger partial charge in [-0.15, -0.1) is 11.3 Å². The highest BCUT2D eigenvalue weighted by atomic mass is 32.1. The summed E-state index contributed by atoms with van der Waals surface area (Å²) >= 11 is 1.73. The van der Waals surface area contributed by atoms with E-state index < -0.39 is 0 Å². The molecule has 0 atom stereocenters. The predicted octanol–water partition coefficient (Wildman–Crippen LogP) is 4.61. The number of carbonyl (C=O) groups excluding carboxylic acids is 1. The molecule has 112 valence electrons. The van der Waals surface area contributed by atoms with Gasteiger partial charge in [-0.3, -0.25) is 4.79 Å². The summed E-state index contributed by atoms with van der Waals surface area (Å²) in [7, 11) is 0. The second-order valence-electron chi connectivity index (χ2n) is 5.07. The van der Waals surface area contributed by atoms with E-state index in [1.807, 2.05) is 36.4 Å². The van der Waals surface area contributed by atoms with Crippen LogP contribution in [0.25, 0.3) is 10.2 Å². The number of fused-ring (bicyclic) bond motifs is 1. The lowest BCUT2D eigenvalue weighted by Crippen LogP contribution is -2.07. The van der Waals surface area contributed by atoms with Crippen LogP contribution >= 0.6 is 11.3 Å². The molecule has 0 aliphatic carbocycles. The quantitative estimate of drug-likeness (QED) is 0.379. The fourth-order valence-corrected chi connectivity index (χ4v) is 3.25. The number of para-hydroxylation sites is 2. The zero-order valence-electron chi connectivity index (χ0n) is 12.2. The van der Waals surface area contributed by atoms with E-state index in [0.717, 1.165) is 29.8 Å². The summed E-state index contributed by atoms with van der Waals surface area (Å²) in [6.45, 7) is 0. The van der Waals surface area contributed by atoms with E-state index in [1.54, 1.807) is 23.5 Å². The third-order valence-electron chi connectivity index (χ3n) is 3.33. The number of hydrogen-bond acceptors (Lipinski definition) is 4. The molecule has 4 heteroatoms. The Labute approximate surface area is 133 Å². The van der Waals surface area contributed by atoms with Gasteiger partial charge in [0, 0.05) is 6.42 Å². The number of hydrogen-bond donors (Lipinski definition) is 0. The van der Waals surface area contributed by atoms with E-state index >= 15 is 0 Å². The number of rotatable bonds is 6. The molecular formula is C18H17NO2S. The Hall–Kier alpha value is -2.20.